The van der Waals surface area contributed by atoms with Crippen molar-refractivity contribution in [1.29, 1.82) is 5.26 Å². The summed E-state index contributed by atoms with van der Waals surface area (Å²) in [5.41, 5.74) is 4.68. The normalized spacial score (nSPS) is 15.6. The molecular weight excluding hydrogens is 326 g/mol. The van der Waals surface area contributed by atoms with E-state index >= 15 is 0 Å². The van der Waals surface area contributed by atoms with Crippen LogP contribution < -0.4 is 10.6 Å². The molecular formula is C20H25N5O. The molecule has 0 saturated carbocycles. The molecule has 1 aliphatic rings. The van der Waals surface area contributed by atoms with Gasteiger partial charge in [0.2, 0.25) is 5.91 Å². The van der Waals surface area contributed by atoms with E-state index in [0.29, 0.717) is 12.1 Å². The highest BCUT2D eigenvalue weighted by Gasteiger charge is 2.22. The summed E-state index contributed by atoms with van der Waals surface area (Å²) in [4.78, 5) is 18.2. The van der Waals surface area contributed by atoms with Crippen LogP contribution in [0.25, 0.3) is 10.9 Å². The molecule has 3 rings (SSSR count). The fourth-order valence-electron chi connectivity index (χ4n) is 3.62. The van der Waals surface area contributed by atoms with Crippen molar-refractivity contribution in [2.45, 2.75) is 32.7 Å². The second-order valence-electron chi connectivity index (χ2n) is 7.00. The number of anilines is 1. The molecule has 6 nitrogen and oxygen atoms in total. The van der Waals surface area contributed by atoms with Gasteiger partial charge in [0, 0.05) is 37.8 Å². The maximum absolute atomic E-state index is 11.5. The standard InChI is InChI=1S/C20H25N5O/c1-13-8-14(2)19-17(9-13)20(15(10-21)11-23-19)24-16-4-6-25(7-5-16)12-18(26)22-3/h8-9,11,16H,4-7,12H2,1-3H3,(H,22,26)(H,23,24). The van der Waals surface area contributed by atoms with Crippen molar-refractivity contribution in [2.24, 2.45) is 0 Å². The Labute approximate surface area is 154 Å². The molecule has 0 spiro atoms. The van der Waals surface area contributed by atoms with Gasteiger partial charge in [-0.2, -0.15) is 5.26 Å². The Hall–Kier alpha value is -2.65. The summed E-state index contributed by atoms with van der Waals surface area (Å²) in [5, 5.41) is 16.8. The van der Waals surface area contributed by atoms with Gasteiger partial charge < -0.3 is 10.6 Å². The first kappa shape index (κ1) is 18.2. The number of aromatic nitrogens is 1. The Kier molecular flexibility index (Phi) is 5.38. The highest BCUT2D eigenvalue weighted by molar-refractivity contribution is 5.96. The molecule has 0 atom stereocenters. The van der Waals surface area contributed by atoms with E-state index in [9.17, 15) is 10.1 Å². The van der Waals surface area contributed by atoms with Gasteiger partial charge in [0.25, 0.3) is 0 Å². The van der Waals surface area contributed by atoms with Crippen molar-refractivity contribution in [3.05, 3.63) is 35.0 Å². The molecule has 1 aromatic carbocycles. The second-order valence-corrected chi connectivity index (χ2v) is 7.00. The summed E-state index contributed by atoms with van der Waals surface area (Å²) < 4.78 is 0. The number of benzene rings is 1. The van der Waals surface area contributed by atoms with Gasteiger partial charge in [0.1, 0.15) is 6.07 Å². The first-order chi connectivity index (χ1) is 12.5. The summed E-state index contributed by atoms with van der Waals surface area (Å²) in [6.45, 7) is 6.30. The first-order valence-electron chi connectivity index (χ1n) is 9.01. The number of aryl methyl sites for hydroxylation is 2. The molecule has 0 bridgehead atoms. The highest BCUT2D eigenvalue weighted by atomic mass is 16.1. The van der Waals surface area contributed by atoms with Crippen LogP contribution in [0, 0.1) is 25.2 Å². The van der Waals surface area contributed by atoms with Crippen LogP contribution in [0.2, 0.25) is 0 Å². The highest BCUT2D eigenvalue weighted by Crippen LogP contribution is 2.30. The summed E-state index contributed by atoms with van der Waals surface area (Å²) in [7, 11) is 1.67. The van der Waals surface area contributed by atoms with E-state index < -0.39 is 0 Å². The van der Waals surface area contributed by atoms with Gasteiger partial charge in [0.15, 0.2) is 0 Å². The minimum atomic E-state index is 0.0502. The fourth-order valence-corrected chi connectivity index (χ4v) is 3.62. The van der Waals surface area contributed by atoms with Crippen molar-refractivity contribution < 1.29 is 4.79 Å². The molecule has 0 radical (unpaired) electrons. The van der Waals surface area contributed by atoms with E-state index in [1.807, 2.05) is 0 Å². The Morgan fingerprint density at radius 3 is 2.73 bits per heavy atom. The third kappa shape index (κ3) is 3.78. The Morgan fingerprint density at radius 1 is 1.35 bits per heavy atom. The number of piperidine rings is 1. The predicted octanol–water partition coefficient (Wildman–Crippen LogP) is 2.35. The largest absolute Gasteiger partial charge is 0.381 e. The zero-order chi connectivity index (χ0) is 18.7. The fraction of sp³-hybridized carbons (Fsp3) is 0.450. The maximum atomic E-state index is 11.5. The monoisotopic (exact) mass is 351 g/mol. The topological polar surface area (TPSA) is 81.0 Å². The summed E-state index contributed by atoms with van der Waals surface area (Å²) in [5.74, 6) is 0.0502. The van der Waals surface area contributed by atoms with E-state index in [0.717, 1.165) is 53.6 Å². The number of rotatable bonds is 4. The van der Waals surface area contributed by atoms with Crippen LogP contribution in [0.1, 0.15) is 29.5 Å². The zero-order valence-corrected chi connectivity index (χ0v) is 15.6. The third-order valence-electron chi connectivity index (χ3n) is 5.01. The molecule has 1 aliphatic heterocycles. The van der Waals surface area contributed by atoms with Crippen molar-refractivity contribution in [3.63, 3.8) is 0 Å². The van der Waals surface area contributed by atoms with Crippen LogP contribution in [-0.4, -0.2) is 48.5 Å². The number of nitriles is 1. The quantitative estimate of drug-likeness (QED) is 0.884. The number of nitrogens with zero attached hydrogens (tertiary/aromatic N) is 3. The SMILES string of the molecule is CNC(=O)CN1CCC(Nc2c(C#N)cnc3c(C)cc(C)cc23)CC1. The van der Waals surface area contributed by atoms with Crippen LogP contribution in [0.15, 0.2) is 18.3 Å². The van der Waals surface area contributed by atoms with E-state index in [-0.39, 0.29) is 11.9 Å². The molecule has 1 saturated heterocycles. The summed E-state index contributed by atoms with van der Waals surface area (Å²) >= 11 is 0. The number of carbonyl (C=O) groups is 1. The lowest BCUT2D eigenvalue weighted by Crippen LogP contribution is -2.43. The summed E-state index contributed by atoms with van der Waals surface area (Å²) in [6, 6.07) is 6.77. The van der Waals surface area contributed by atoms with Crippen LogP contribution >= 0.6 is 0 Å². The van der Waals surface area contributed by atoms with Crippen molar-refractivity contribution in [3.8, 4) is 6.07 Å². The molecule has 2 N–H and O–H groups in total. The molecule has 1 aromatic heterocycles. The second kappa shape index (κ2) is 7.71. The lowest BCUT2D eigenvalue weighted by Gasteiger charge is -2.32. The number of likely N-dealkylation sites (tertiary alicyclic amines) is 1. The molecule has 26 heavy (non-hydrogen) atoms. The van der Waals surface area contributed by atoms with Crippen LogP contribution in [0.3, 0.4) is 0 Å². The third-order valence-corrected chi connectivity index (χ3v) is 5.01. The van der Waals surface area contributed by atoms with E-state index in [4.69, 9.17) is 0 Å². The van der Waals surface area contributed by atoms with Gasteiger partial charge in [-0.25, -0.2) is 0 Å². The molecule has 0 unspecified atom stereocenters. The number of nitrogens with one attached hydrogen (secondary N) is 2. The van der Waals surface area contributed by atoms with E-state index in [1.165, 1.54) is 0 Å². The van der Waals surface area contributed by atoms with Gasteiger partial charge in [-0.05, 0) is 38.3 Å². The van der Waals surface area contributed by atoms with Crippen molar-refractivity contribution >= 4 is 22.5 Å². The lowest BCUT2D eigenvalue weighted by molar-refractivity contribution is -0.122. The number of amides is 1. The van der Waals surface area contributed by atoms with Crippen molar-refractivity contribution in [1.82, 2.24) is 15.2 Å². The van der Waals surface area contributed by atoms with Gasteiger partial charge in [-0.3, -0.25) is 14.7 Å². The average molecular weight is 351 g/mol. The lowest BCUT2D eigenvalue weighted by atomic mass is 10.0. The summed E-state index contributed by atoms with van der Waals surface area (Å²) in [6.07, 6.45) is 3.54. The molecule has 2 aromatic rings. The van der Waals surface area contributed by atoms with Crippen LogP contribution in [-0.2, 0) is 4.79 Å². The number of pyridine rings is 1. The number of likely N-dealkylation sites (N-methyl/N-ethyl adjacent to an activating group) is 1. The minimum Gasteiger partial charge on any atom is -0.381 e. The van der Waals surface area contributed by atoms with E-state index in [2.05, 4.69) is 52.6 Å². The zero-order valence-electron chi connectivity index (χ0n) is 15.6. The number of hydrogen-bond acceptors (Lipinski definition) is 5. The number of hydrogen-bond donors (Lipinski definition) is 2. The molecule has 1 fully saturated rings. The van der Waals surface area contributed by atoms with Crippen molar-refractivity contribution in [2.75, 3.05) is 32.0 Å². The molecule has 0 aliphatic carbocycles. The predicted molar refractivity (Wildman–Crippen MR) is 103 cm³/mol. The Balaban J connectivity index is 1.81. The average Bonchev–Trinajstić information content (AvgIpc) is 2.63. The number of fused-ring (bicyclic) bond motifs is 1. The van der Waals surface area contributed by atoms with E-state index in [1.54, 1.807) is 13.2 Å². The molecule has 1 amide bonds. The van der Waals surface area contributed by atoms with Gasteiger partial charge in [-0.15, -0.1) is 0 Å². The first-order valence-corrected chi connectivity index (χ1v) is 9.01. The minimum absolute atomic E-state index is 0.0502. The smallest absolute Gasteiger partial charge is 0.233 e. The van der Waals surface area contributed by atoms with Crippen LogP contribution in [0.5, 0.6) is 0 Å². The molecule has 2 heterocycles. The van der Waals surface area contributed by atoms with Gasteiger partial charge in [-0.1, -0.05) is 11.6 Å². The molecule has 6 heteroatoms. The number of carbonyl (C=O) groups excluding carboxylic acids is 1. The Morgan fingerprint density at radius 2 is 2.08 bits per heavy atom. The van der Waals surface area contributed by atoms with Gasteiger partial charge in [0.05, 0.1) is 23.3 Å². The molecule has 136 valence electrons. The Bertz CT molecular complexity index is 863. The maximum Gasteiger partial charge on any atom is 0.233 e. The van der Waals surface area contributed by atoms with Crippen LogP contribution in [0.4, 0.5) is 5.69 Å². The van der Waals surface area contributed by atoms with Gasteiger partial charge >= 0.3 is 0 Å².